The van der Waals surface area contributed by atoms with E-state index in [0.717, 1.165) is 21.2 Å². The van der Waals surface area contributed by atoms with Gasteiger partial charge in [0.25, 0.3) is 0 Å². The molecule has 0 fully saturated rings. The molecule has 1 amide bonds. The van der Waals surface area contributed by atoms with E-state index in [4.69, 9.17) is 4.74 Å². The minimum absolute atomic E-state index is 0.000506. The van der Waals surface area contributed by atoms with Gasteiger partial charge in [0.15, 0.2) is 0 Å². The molecule has 32 heavy (non-hydrogen) atoms. The zero-order valence-electron chi connectivity index (χ0n) is 17.8. The second-order valence-corrected chi connectivity index (χ2v) is 8.92. The Morgan fingerprint density at radius 1 is 1.03 bits per heavy atom. The number of ether oxygens (including phenoxy) is 1. The van der Waals surface area contributed by atoms with Gasteiger partial charge in [-0.3, -0.25) is 0 Å². The first kappa shape index (κ1) is 22.5. The summed E-state index contributed by atoms with van der Waals surface area (Å²) in [4.78, 5) is 12.2. The molecule has 3 aromatic rings. The molecule has 1 aliphatic carbocycles. The molecule has 5 nitrogen and oxygen atoms in total. The summed E-state index contributed by atoms with van der Waals surface area (Å²) in [5.41, 5.74) is 6.34. The molecule has 6 heteroatoms. The van der Waals surface area contributed by atoms with E-state index < -0.39 is 18.3 Å². The maximum Gasteiger partial charge on any atom is 0.407 e. The van der Waals surface area contributed by atoms with Crippen molar-refractivity contribution < 1.29 is 19.7 Å². The van der Waals surface area contributed by atoms with Crippen LogP contribution in [0.1, 0.15) is 40.7 Å². The summed E-state index contributed by atoms with van der Waals surface area (Å²) in [6.45, 7) is 2.39. The molecular weight excluding hydrogens is 470 g/mol. The molecule has 0 heterocycles. The smallest absolute Gasteiger partial charge is 0.407 e. The van der Waals surface area contributed by atoms with Gasteiger partial charge in [-0.15, -0.1) is 0 Å². The first-order valence-corrected chi connectivity index (χ1v) is 11.5. The Labute approximate surface area is 196 Å². The lowest BCUT2D eigenvalue weighted by Crippen LogP contribution is -2.30. The molecule has 3 aromatic carbocycles. The third-order valence-electron chi connectivity index (χ3n) is 5.95. The number of hydrogen-bond donors (Lipinski definition) is 3. The highest BCUT2D eigenvalue weighted by Crippen LogP contribution is 2.44. The normalized spacial score (nSPS) is 14.4. The number of halogens is 1. The molecule has 0 spiro atoms. The molecule has 3 N–H and O–H groups in total. The molecule has 2 atom stereocenters. The van der Waals surface area contributed by atoms with E-state index in [1.54, 1.807) is 12.1 Å². The molecule has 1 aliphatic rings. The van der Waals surface area contributed by atoms with E-state index >= 15 is 0 Å². The van der Waals surface area contributed by atoms with Crippen LogP contribution in [0.25, 0.3) is 11.1 Å². The third kappa shape index (κ3) is 4.72. The average Bonchev–Trinajstić information content (AvgIpc) is 3.12. The zero-order valence-corrected chi connectivity index (χ0v) is 19.4. The van der Waals surface area contributed by atoms with Crippen molar-refractivity contribution in [3.63, 3.8) is 0 Å². The Bertz CT molecular complexity index is 1070. The first-order valence-electron chi connectivity index (χ1n) is 10.7. The number of fused-ring (bicyclic) bond motifs is 3. The standard InChI is InChI=1S/C26H26BrNO4/c1-16-10-11-17(14-23(16)27)25(30)24(29)12-13-28-26(31)32-15-22-20-8-4-2-6-18(20)19-7-3-5-9-21(19)22/h2-11,14,22,24-25,29-30H,12-13,15H2,1H3,(H,28,31). The predicted octanol–water partition coefficient (Wildman–Crippen LogP) is 5.08. The number of alkyl carbamates (subject to hydrolysis) is 1. The second kappa shape index (κ2) is 9.86. The quantitative estimate of drug-likeness (QED) is 0.426. The van der Waals surface area contributed by atoms with Gasteiger partial charge >= 0.3 is 6.09 Å². The Hall–Kier alpha value is -2.67. The summed E-state index contributed by atoms with van der Waals surface area (Å²) in [6.07, 6.45) is -2.36. The molecule has 2 unspecified atom stereocenters. The van der Waals surface area contributed by atoms with Gasteiger partial charge in [0.2, 0.25) is 0 Å². The fourth-order valence-corrected chi connectivity index (χ4v) is 4.54. The summed E-state index contributed by atoms with van der Waals surface area (Å²) >= 11 is 3.43. The number of carbonyl (C=O) groups is 1. The van der Waals surface area contributed by atoms with Crippen molar-refractivity contribution in [2.24, 2.45) is 0 Å². The average molecular weight is 496 g/mol. The van der Waals surface area contributed by atoms with Gasteiger partial charge in [-0.1, -0.05) is 76.6 Å². The number of carbonyl (C=O) groups excluding carboxylic acids is 1. The minimum atomic E-state index is -1.03. The Kier molecular flexibility index (Phi) is 6.94. The van der Waals surface area contributed by atoms with Gasteiger partial charge < -0.3 is 20.3 Å². The van der Waals surface area contributed by atoms with Crippen LogP contribution in [0.2, 0.25) is 0 Å². The van der Waals surface area contributed by atoms with Crippen LogP contribution in [0.4, 0.5) is 4.79 Å². The van der Waals surface area contributed by atoms with Crippen LogP contribution >= 0.6 is 15.9 Å². The van der Waals surface area contributed by atoms with Gasteiger partial charge in [-0.2, -0.15) is 0 Å². The monoisotopic (exact) mass is 495 g/mol. The molecule has 4 rings (SSSR count). The van der Waals surface area contributed by atoms with Gasteiger partial charge in [0.05, 0.1) is 6.10 Å². The maximum atomic E-state index is 12.2. The van der Waals surface area contributed by atoms with E-state index in [1.165, 1.54) is 11.1 Å². The van der Waals surface area contributed by atoms with Gasteiger partial charge in [-0.25, -0.2) is 4.79 Å². The number of amides is 1. The number of hydrogen-bond acceptors (Lipinski definition) is 4. The molecule has 0 radical (unpaired) electrons. The SMILES string of the molecule is Cc1ccc(C(O)C(O)CCNC(=O)OCC2c3ccccc3-c3ccccc32)cc1Br. The van der Waals surface area contributed by atoms with Crippen LogP contribution in [0, 0.1) is 6.92 Å². The van der Waals surface area contributed by atoms with Crippen LogP contribution < -0.4 is 5.32 Å². The fraction of sp³-hybridized carbons (Fsp3) is 0.269. The highest BCUT2D eigenvalue weighted by atomic mass is 79.9. The topological polar surface area (TPSA) is 78.8 Å². The van der Waals surface area contributed by atoms with E-state index in [2.05, 4.69) is 45.5 Å². The van der Waals surface area contributed by atoms with Crippen molar-refractivity contribution in [3.8, 4) is 11.1 Å². The zero-order chi connectivity index (χ0) is 22.7. The molecule has 0 saturated heterocycles. The summed E-state index contributed by atoms with van der Waals surface area (Å²) < 4.78 is 6.37. The number of nitrogens with one attached hydrogen (secondary N) is 1. The van der Waals surface area contributed by atoms with E-state index in [0.29, 0.717) is 5.56 Å². The van der Waals surface area contributed by atoms with Crippen molar-refractivity contribution >= 4 is 22.0 Å². The summed E-state index contributed by atoms with van der Waals surface area (Å²) in [7, 11) is 0. The summed E-state index contributed by atoms with van der Waals surface area (Å²) in [5, 5.41) is 23.4. The number of aryl methyl sites for hydroxylation is 1. The van der Waals surface area contributed by atoms with Gasteiger partial charge in [0, 0.05) is 16.9 Å². The highest BCUT2D eigenvalue weighted by molar-refractivity contribution is 9.10. The summed E-state index contributed by atoms with van der Waals surface area (Å²) in [5.74, 6) is 0.000506. The number of aliphatic hydroxyl groups is 2. The number of rotatable bonds is 7. The number of aliphatic hydroxyl groups excluding tert-OH is 2. The van der Waals surface area contributed by atoms with Gasteiger partial charge in [0.1, 0.15) is 12.7 Å². The second-order valence-electron chi connectivity index (χ2n) is 8.06. The Balaban J connectivity index is 1.28. The molecule has 0 saturated carbocycles. The predicted molar refractivity (Wildman–Crippen MR) is 128 cm³/mol. The molecule has 166 valence electrons. The van der Waals surface area contributed by atoms with Crippen LogP contribution in [0.5, 0.6) is 0 Å². The lowest BCUT2D eigenvalue weighted by atomic mass is 9.98. The lowest BCUT2D eigenvalue weighted by molar-refractivity contribution is 0.0136. The van der Waals surface area contributed by atoms with Crippen molar-refractivity contribution in [2.45, 2.75) is 31.5 Å². The van der Waals surface area contributed by atoms with Crippen molar-refractivity contribution in [1.29, 1.82) is 0 Å². The Morgan fingerprint density at radius 2 is 1.66 bits per heavy atom. The van der Waals surface area contributed by atoms with Crippen LogP contribution in [-0.2, 0) is 4.74 Å². The van der Waals surface area contributed by atoms with Crippen molar-refractivity contribution in [1.82, 2.24) is 5.32 Å². The van der Waals surface area contributed by atoms with Crippen LogP contribution in [-0.4, -0.2) is 35.6 Å². The largest absolute Gasteiger partial charge is 0.449 e. The maximum absolute atomic E-state index is 12.2. The first-order chi connectivity index (χ1) is 15.5. The minimum Gasteiger partial charge on any atom is -0.449 e. The highest BCUT2D eigenvalue weighted by Gasteiger charge is 2.29. The Morgan fingerprint density at radius 3 is 2.28 bits per heavy atom. The number of benzene rings is 3. The molecular formula is C26H26BrNO4. The third-order valence-corrected chi connectivity index (χ3v) is 6.81. The molecule has 0 aromatic heterocycles. The molecule has 0 aliphatic heterocycles. The molecule has 0 bridgehead atoms. The van der Waals surface area contributed by atoms with Crippen LogP contribution in [0.3, 0.4) is 0 Å². The summed E-state index contributed by atoms with van der Waals surface area (Å²) in [6, 6.07) is 21.8. The van der Waals surface area contributed by atoms with E-state index in [-0.39, 0.29) is 25.5 Å². The fourth-order valence-electron chi connectivity index (χ4n) is 4.14. The van der Waals surface area contributed by atoms with Crippen molar-refractivity contribution in [3.05, 3.63) is 93.5 Å². The lowest BCUT2D eigenvalue weighted by Gasteiger charge is -2.19. The van der Waals surface area contributed by atoms with E-state index in [1.807, 2.05) is 37.3 Å². The van der Waals surface area contributed by atoms with Crippen LogP contribution in [0.15, 0.2) is 71.2 Å². The van der Waals surface area contributed by atoms with E-state index in [9.17, 15) is 15.0 Å². The van der Waals surface area contributed by atoms with Crippen molar-refractivity contribution in [2.75, 3.05) is 13.2 Å². The van der Waals surface area contributed by atoms with Gasteiger partial charge in [-0.05, 0) is 52.8 Å².